The van der Waals surface area contributed by atoms with Gasteiger partial charge in [0.1, 0.15) is 17.2 Å². The number of para-hydroxylation sites is 1. The lowest BCUT2D eigenvalue weighted by Crippen LogP contribution is -2.12. The van der Waals surface area contributed by atoms with Crippen molar-refractivity contribution in [3.05, 3.63) is 68.1 Å². The molecule has 3 aromatic rings. The molecule has 0 aliphatic carbocycles. The molecular weight excluding hydrogens is 380 g/mol. The first-order chi connectivity index (χ1) is 9.97. The molecule has 2 N–H and O–H groups in total. The Kier molecular flexibility index (Phi) is 3.97. The van der Waals surface area contributed by atoms with E-state index in [9.17, 15) is 4.39 Å². The van der Waals surface area contributed by atoms with Crippen molar-refractivity contribution in [2.45, 2.75) is 6.04 Å². The van der Waals surface area contributed by atoms with Gasteiger partial charge < -0.3 is 10.2 Å². The Morgan fingerprint density at radius 3 is 2.62 bits per heavy atom. The van der Waals surface area contributed by atoms with Crippen LogP contribution in [0.15, 0.2) is 45.3 Å². The van der Waals surface area contributed by atoms with E-state index in [0.717, 1.165) is 9.86 Å². The molecule has 0 amide bonds. The van der Waals surface area contributed by atoms with Crippen molar-refractivity contribution in [3.63, 3.8) is 0 Å². The van der Waals surface area contributed by atoms with Gasteiger partial charge in [-0.1, -0.05) is 35.3 Å². The lowest BCUT2D eigenvalue weighted by Gasteiger charge is -2.12. The van der Waals surface area contributed by atoms with Gasteiger partial charge >= 0.3 is 0 Å². The highest BCUT2D eigenvalue weighted by Gasteiger charge is 2.19. The number of furan rings is 1. The van der Waals surface area contributed by atoms with Gasteiger partial charge in [0.2, 0.25) is 0 Å². The van der Waals surface area contributed by atoms with Crippen LogP contribution in [0.25, 0.3) is 11.0 Å². The summed E-state index contributed by atoms with van der Waals surface area (Å²) in [4.78, 5) is 0. The first-order valence-electron chi connectivity index (χ1n) is 6.05. The largest absolute Gasteiger partial charge is 0.458 e. The normalized spacial score (nSPS) is 12.8. The fourth-order valence-corrected chi connectivity index (χ4v) is 3.09. The summed E-state index contributed by atoms with van der Waals surface area (Å²) < 4.78 is 20.2. The van der Waals surface area contributed by atoms with E-state index in [1.165, 1.54) is 12.1 Å². The summed E-state index contributed by atoms with van der Waals surface area (Å²) in [5.74, 6) is -0.0654. The first kappa shape index (κ1) is 14.9. The van der Waals surface area contributed by atoms with Gasteiger partial charge in [0.15, 0.2) is 0 Å². The quantitative estimate of drug-likeness (QED) is 0.572. The lowest BCUT2D eigenvalue weighted by atomic mass is 10.0. The maximum absolute atomic E-state index is 13.6. The number of nitrogens with two attached hydrogens (primary N) is 1. The Hall–Kier alpha value is -1.07. The molecule has 108 valence electrons. The van der Waals surface area contributed by atoms with Crippen molar-refractivity contribution in [1.29, 1.82) is 0 Å². The summed E-state index contributed by atoms with van der Waals surface area (Å²) in [5, 5.41) is 1.16. The van der Waals surface area contributed by atoms with Crippen LogP contribution < -0.4 is 5.73 Å². The Bertz CT molecular complexity index is 834. The molecular formula is C15H9BrCl2FNO. The summed E-state index contributed by atoms with van der Waals surface area (Å²) in [6.45, 7) is 0. The molecule has 0 radical (unpaired) electrons. The minimum absolute atomic E-state index is 0.0386. The van der Waals surface area contributed by atoms with Crippen LogP contribution in [0, 0.1) is 5.82 Å². The molecule has 0 fully saturated rings. The maximum Gasteiger partial charge on any atom is 0.148 e. The van der Waals surface area contributed by atoms with E-state index in [1.54, 1.807) is 0 Å². The topological polar surface area (TPSA) is 39.2 Å². The van der Waals surface area contributed by atoms with Crippen molar-refractivity contribution in [3.8, 4) is 0 Å². The van der Waals surface area contributed by atoms with Crippen molar-refractivity contribution in [1.82, 2.24) is 0 Å². The lowest BCUT2D eigenvalue weighted by molar-refractivity contribution is 0.522. The van der Waals surface area contributed by atoms with Crippen molar-refractivity contribution < 1.29 is 8.81 Å². The Balaban J connectivity index is 2.10. The second-order valence-corrected chi connectivity index (χ2v) is 6.24. The third-order valence-corrected chi connectivity index (χ3v) is 4.44. The van der Waals surface area contributed by atoms with E-state index >= 15 is 0 Å². The number of hydrogen-bond donors (Lipinski definition) is 1. The smallest absolute Gasteiger partial charge is 0.148 e. The van der Waals surface area contributed by atoms with Crippen LogP contribution in [0.4, 0.5) is 4.39 Å². The highest BCUT2D eigenvalue weighted by Crippen LogP contribution is 2.34. The SMILES string of the molecule is NC(c1cc2cccc(Br)c2o1)c1cc(F)c(Cl)cc1Cl. The molecule has 0 bridgehead atoms. The third-order valence-electron chi connectivity index (χ3n) is 3.20. The average molecular weight is 389 g/mol. The average Bonchev–Trinajstić information content (AvgIpc) is 2.87. The zero-order valence-electron chi connectivity index (χ0n) is 10.5. The maximum atomic E-state index is 13.6. The second-order valence-electron chi connectivity index (χ2n) is 4.57. The molecule has 0 spiro atoms. The van der Waals surface area contributed by atoms with Crippen molar-refractivity contribution >= 4 is 50.1 Å². The molecule has 1 heterocycles. The van der Waals surface area contributed by atoms with Crippen LogP contribution in [-0.4, -0.2) is 0 Å². The molecule has 1 atom stereocenters. The van der Waals surface area contributed by atoms with Gasteiger partial charge in [0.25, 0.3) is 0 Å². The number of fused-ring (bicyclic) bond motifs is 1. The highest BCUT2D eigenvalue weighted by atomic mass is 79.9. The van der Waals surface area contributed by atoms with Crippen molar-refractivity contribution in [2.75, 3.05) is 0 Å². The van der Waals surface area contributed by atoms with E-state index in [4.69, 9.17) is 33.4 Å². The minimum atomic E-state index is -0.677. The molecule has 6 heteroatoms. The summed E-state index contributed by atoms with van der Waals surface area (Å²) in [7, 11) is 0. The fourth-order valence-electron chi connectivity index (χ4n) is 2.13. The standard InChI is InChI=1S/C15H9BrCl2FNO/c16-9-3-1-2-7-4-13(21-15(7)9)14(20)8-5-12(19)11(18)6-10(8)17/h1-6,14H,20H2. The Morgan fingerprint density at radius 1 is 1.14 bits per heavy atom. The van der Waals surface area contributed by atoms with Crippen LogP contribution in [-0.2, 0) is 0 Å². The van der Waals surface area contributed by atoms with Gasteiger partial charge in [0.05, 0.1) is 15.5 Å². The van der Waals surface area contributed by atoms with E-state index in [1.807, 2.05) is 24.3 Å². The predicted octanol–water partition coefficient (Wildman–Crippen LogP) is 5.69. The molecule has 0 saturated carbocycles. The molecule has 21 heavy (non-hydrogen) atoms. The molecule has 3 rings (SSSR count). The zero-order valence-corrected chi connectivity index (χ0v) is 13.6. The van der Waals surface area contributed by atoms with E-state index < -0.39 is 11.9 Å². The zero-order chi connectivity index (χ0) is 15.1. The minimum Gasteiger partial charge on any atom is -0.458 e. The van der Waals surface area contributed by atoms with Crippen LogP contribution in [0.2, 0.25) is 10.0 Å². The van der Waals surface area contributed by atoms with E-state index in [2.05, 4.69) is 15.9 Å². The second kappa shape index (κ2) is 5.61. The fraction of sp³-hybridized carbons (Fsp3) is 0.0667. The molecule has 2 aromatic carbocycles. The molecule has 1 unspecified atom stereocenters. The third kappa shape index (κ3) is 2.69. The van der Waals surface area contributed by atoms with E-state index in [0.29, 0.717) is 21.9 Å². The van der Waals surface area contributed by atoms with Gasteiger partial charge in [0, 0.05) is 10.4 Å². The molecule has 0 aliphatic heterocycles. The predicted molar refractivity (Wildman–Crippen MR) is 86.4 cm³/mol. The molecule has 0 aliphatic rings. The van der Waals surface area contributed by atoms with Gasteiger partial charge in [-0.3, -0.25) is 0 Å². The van der Waals surface area contributed by atoms with Gasteiger partial charge in [-0.15, -0.1) is 0 Å². The van der Waals surface area contributed by atoms with Crippen LogP contribution in [0.5, 0.6) is 0 Å². The van der Waals surface area contributed by atoms with Crippen LogP contribution in [0.3, 0.4) is 0 Å². The number of halogens is 4. The monoisotopic (exact) mass is 387 g/mol. The Labute approximate surface area is 138 Å². The summed E-state index contributed by atoms with van der Waals surface area (Å²) >= 11 is 15.2. The number of benzene rings is 2. The number of hydrogen-bond acceptors (Lipinski definition) is 2. The Morgan fingerprint density at radius 2 is 1.90 bits per heavy atom. The summed E-state index contributed by atoms with van der Waals surface area (Å²) in [6, 6.07) is 9.38. The first-order valence-corrected chi connectivity index (χ1v) is 7.60. The van der Waals surface area contributed by atoms with Crippen molar-refractivity contribution in [2.24, 2.45) is 5.73 Å². The molecule has 1 aromatic heterocycles. The highest BCUT2D eigenvalue weighted by molar-refractivity contribution is 9.10. The summed E-state index contributed by atoms with van der Waals surface area (Å²) in [6.07, 6.45) is 0. The number of rotatable bonds is 2. The van der Waals surface area contributed by atoms with Crippen LogP contribution in [0.1, 0.15) is 17.4 Å². The van der Waals surface area contributed by atoms with E-state index in [-0.39, 0.29) is 5.02 Å². The summed E-state index contributed by atoms with van der Waals surface area (Å²) in [5.41, 5.74) is 7.26. The van der Waals surface area contributed by atoms with Gasteiger partial charge in [-0.25, -0.2) is 4.39 Å². The molecule has 2 nitrogen and oxygen atoms in total. The molecule has 0 saturated heterocycles. The van der Waals surface area contributed by atoms with Crippen LogP contribution >= 0.6 is 39.1 Å². The van der Waals surface area contributed by atoms with Gasteiger partial charge in [-0.05, 0) is 45.8 Å². The van der Waals surface area contributed by atoms with Gasteiger partial charge in [-0.2, -0.15) is 0 Å².